The minimum atomic E-state index is 0.793. The minimum Gasteiger partial charge on any atom is -0.330 e. The lowest BCUT2D eigenvalue weighted by Gasteiger charge is -2.18. The van der Waals surface area contributed by atoms with Gasteiger partial charge in [-0.3, -0.25) is 4.90 Å². The van der Waals surface area contributed by atoms with Gasteiger partial charge in [0, 0.05) is 11.4 Å². The highest BCUT2D eigenvalue weighted by Crippen LogP contribution is 2.11. The highest BCUT2D eigenvalue weighted by Gasteiger charge is 2.02. The van der Waals surface area contributed by atoms with Crippen molar-refractivity contribution in [2.45, 2.75) is 19.9 Å². The molecule has 0 aliphatic carbocycles. The van der Waals surface area contributed by atoms with Crippen molar-refractivity contribution in [2.75, 3.05) is 19.6 Å². The molecule has 0 radical (unpaired) electrons. The molecule has 0 atom stereocenters. The third-order valence-electron chi connectivity index (χ3n) is 2.09. The molecule has 0 amide bonds. The first kappa shape index (κ1) is 10.7. The Kier molecular flexibility index (Phi) is 5.05. The third-order valence-corrected chi connectivity index (χ3v) is 2.95. The molecule has 1 aromatic heterocycles. The van der Waals surface area contributed by atoms with Crippen LogP contribution in [0.2, 0.25) is 0 Å². The number of nitrogens with zero attached hydrogens (tertiary/aromatic N) is 1. The second-order valence-corrected chi connectivity index (χ2v) is 4.12. The van der Waals surface area contributed by atoms with Gasteiger partial charge in [-0.1, -0.05) is 13.0 Å². The van der Waals surface area contributed by atoms with E-state index < -0.39 is 0 Å². The molecule has 1 heterocycles. The predicted molar refractivity (Wildman–Crippen MR) is 58.9 cm³/mol. The Morgan fingerprint density at radius 3 is 2.92 bits per heavy atom. The molecular formula is C10H18N2S. The largest absolute Gasteiger partial charge is 0.330 e. The molecule has 13 heavy (non-hydrogen) atoms. The summed E-state index contributed by atoms with van der Waals surface area (Å²) in [5.74, 6) is 0. The first-order chi connectivity index (χ1) is 6.36. The van der Waals surface area contributed by atoms with E-state index >= 15 is 0 Å². The standard InChI is InChI=1S/C10H18N2S/c1-2-12(7-4-6-11)9-10-5-3-8-13-10/h3,5,8H,2,4,6-7,9,11H2,1H3. The molecule has 1 rings (SSSR count). The summed E-state index contributed by atoms with van der Waals surface area (Å²) in [7, 11) is 0. The smallest absolute Gasteiger partial charge is 0.0327 e. The summed E-state index contributed by atoms with van der Waals surface area (Å²) in [6, 6.07) is 4.30. The van der Waals surface area contributed by atoms with E-state index in [1.807, 2.05) is 11.3 Å². The molecule has 2 N–H and O–H groups in total. The monoisotopic (exact) mass is 198 g/mol. The van der Waals surface area contributed by atoms with Gasteiger partial charge in [0.1, 0.15) is 0 Å². The number of nitrogens with two attached hydrogens (primary N) is 1. The lowest BCUT2D eigenvalue weighted by atomic mass is 10.3. The van der Waals surface area contributed by atoms with E-state index in [1.165, 1.54) is 4.88 Å². The molecule has 74 valence electrons. The molecule has 1 aromatic rings. The lowest BCUT2D eigenvalue weighted by Crippen LogP contribution is -2.25. The number of rotatable bonds is 6. The van der Waals surface area contributed by atoms with Gasteiger partial charge in [0.15, 0.2) is 0 Å². The predicted octanol–water partition coefficient (Wildman–Crippen LogP) is 1.92. The normalized spacial score (nSPS) is 11.0. The fourth-order valence-corrected chi connectivity index (χ4v) is 2.03. The van der Waals surface area contributed by atoms with Crippen molar-refractivity contribution < 1.29 is 0 Å². The minimum absolute atomic E-state index is 0.793. The van der Waals surface area contributed by atoms with Crippen LogP contribution in [0.1, 0.15) is 18.2 Å². The van der Waals surface area contributed by atoms with Crippen LogP contribution in [-0.4, -0.2) is 24.5 Å². The van der Waals surface area contributed by atoms with Gasteiger partial charge in [0.05, 0.1) is 0 Å². The maximum absolute atomic E-state index is 5.48. The second-order valence-electron chi connectivity index (χ2n) is 3.09. The van der Waals surface area contributed by atoms with Crippen molar-refractivity contribution >= 4 is 11.3 Å². The van der Waals surface area contributed by atoms with Crippen LogP contribution in [0.25, 0.3) is 0 Å². The van der Waals surface area contributed by atoms with E-state index in [1.54, 1.807) is 0 Å². The van der Waals surface area contributed by atoms with E-state index in [4.69, 9.17) is 5.73 Å². The fourth-order valence-electron chi connectivity index (χ4n) is 1.29. The van der Waals surface area contributed by atoms with Crippen LogP contribution >= 0.6 is 11.3 Å². The Balaban J connectivity index is 2.31. The summed E-state index contributed by atoms with van der Waals surface area (Å²) < 4.78 is 0. The van der Waals surface area contributed by atoms with Gasteiger partial charge in [-0.25, -0.2) is 0 Å². The van der Waals surface area contributed by atoms with Crippen LogP contribution in [0, 0.1) is 0 Å². The Morgan fingerprint density at radius 1 is 1.54 bits per heavy atom. The molecule has 0 bridgehead atoms. The van der Waals surface area contributed by atoms with Crippen molar-refractivity contribution in [1.29, 1.82) is 0 Å². The highest BCUT2D eigenvalue weighted by atomic mass is 32.1. The van der Waals surface area contributed by atoms with E-state index in [9.17, 15) is 0 Å². The Labute approximate surface area is 84.4 Å². The molecule has 0 saturated carbocycles. The van der Waals surface area contributed by atoms with Crippen molar-refractivity contribution in [3.05, 3.63) is 22.4 Å². The molecule has 0 aromatic carbocycles. The quantitative estimate of drug-likeness (QED) is 0.756. The molecule has 3 heteroatoms. The summed E-state index contributed by atoms with van der Waals surface area (Å²) in [6.45, 7) is 6.29. The Hall–Kier alpha value is -0.380. The van der Waals surface area contributed by atoms with Crippen LogP contribution in [0.5, 0.6) is 0 Å². The first-order valence-electron chi connectivity index (χ1n) is 4.81. The average Bonchev–Trinajstić information content (AvgIpc) is 2.64. The molecule has 0 saturated heterocycles. The average molecular weight is 198 g/mol. The molecule has 2 nitrogen and oxygen atoms in total. The van der Waals surface area contributed by atoms with Crippen molar-refractivity contribution in [1.82, 2.24) is 4.90 Å². The van der Waals surface area contributed by atoms with Crippen molar-refractivity contribution in [3.8, 4) is 0 Å². The van der Waals surface area contributed by atoms with Crippen LogP contribution in [0.3, 0.4) is 0 Å². The van der Waals surface area contributed by atoms with E-state index in [0.717, 1.165) is 32.6 Å². The maximum atomic E-state index is 5.48. The van der Waals surface area contributed by atoms with Crippen LogP contribution in [0.15, 0.2) is 17.5 Å². The zero-order valence-electron chi connectivity index (χ0n) is 8.20. The van der Waals surface area contributed by atoms with Gasteiger partial charge < -0.3 is 5.73 Å². The summed E-state index contributed by atoms with van der Waals surface area (Å²) in [5, 5.41) is 2.13. The van der Waals surface area contributed by atoms with Gasteiger partial charge in [0.2, 0.25) is 0 Å². The zero-order chi connectivity index (χ0) is 9.52. The van der Waals surface area contributed by atoms with Crippen LogP contribution in [0.4, 0.5) is 0 Å². The molecule has 0 fully saturated rings. The van der Waals surface area contributed by atoms with Crippen LogP contribution in [-0.2, 0) is 6.54 Å². The third kappa shape index (κ3) is 3.89. The summed E-state index contributed by atoms with van der Waals surface area (Å²) in [4.78, 5) is 3.87. The van der Waals surface area contributed by atoms with E-state index in [2.05, 4.69) is 29.3 Å². The second kappa shape index (κ2) is 6.13. The zero-order valence-corrected chi connectivity index (χ0v) is 9.02. The van der Waals surface area contributed by atoms with Gasteiger partial charge >= 0.3 is 0 Å². The van der Waals surface area contributed by atoms with E-state index in [0.29, 0.717) is 0 Å². The Bertz CT molecular complexity index is 209. The van der Waals surface area contributed by atoms with Crippen molar-refractivity contribution in [3.63, 3.8) is 0 Å². The molecule has 0 aliphatic rings. The molecule has 0 spiro atoms. The molecule has 0 unspecified atom stereocenters. The topological polar surface area (TPSA) is 29.3 Å². The molecular weight excluding hydrogens is 180 g/mol. The van der Waals surface area contributed by atoms with Crippen LogP contribution < -0.4 is 5.73 Å². The van der Waals surface area contributed by atoms with Gasteiger partial charge in [-0.15, -0.1) is 11.3 Å². The highest BCUT2D eigenvalue weighted by molar-refractivity contribution is 7.09. The number of hydrogen-bond acceptors (Lipinski definition) is 3. The van der Waals surface area contributed by atoms with E-state index in [-0.39, 0.29) is 0 Å². The number of thiophene rings is 1. The Morgan fingerprint density at radius 2 is 2.38 bits per heavy atom. The van der Waals surface area contributed by atoms with Gasteiger partial charge in [-0.05, 0) is 37.5 Å². The SMILES string of the molecule is CCN(CCCN)Cc1cccs1. The maximum Gasteiger partial charge on any atom is 0.0327 e. The summed E-state index contributed by atoms with van der Waals surface area (Å²) in [5.41, 5.74) is 5.48. The summed E-state index contributed by atoms with van der Waals surface area (Å²) in [6.07, 6.45) is 1.10. The van der Waals surface area contributed by atoms with Gasteiger partial charge in [0.25, 0.3) is 0 Å². The summed E-state index contributed by atoms with van der Waals surface area (Å²) >= 11 is 1.83. The lowest BCUT2D eigenvalue weighted by molar-refractivity contribution is 0.280. The van der Waals surface area contributed by atoms with Crippen molar-refractivity contribution in [2.24, 2.45) is 5.73 Å². The fraction of sp³-hybridized carbons (Fsp3) is 0.600. The first-order valence-corrected chi connectivity index (χ1v) is 5.69. The number of hydrogen-bond donors (Lipinski definition) is 1. The van der Waals surface area contributed by atoms with Gasteiger partial charge in [-0.2, -0.15) is 0 Å². The molecule has 0 aliphatic heterocycles.